The summed E-state index contributed by atoms with van der Waals surface area (Å²) in [5.41, 5.74) is 1.21. The zero-order valence-electron chi connectivity index (χ0n) is 9.53. The second-order valence-corrected chi connectivity index (χ2v) is 4.23. The van der Waals surface area contributed by atoms with Gasteiger partial charge < -0.3 is 4.98 Å². The average Bonchev–Trinajstić information content (AvgIpc) is 2.29. The SMILES string of the molecule is CCCc1nc(=S)cc(-c2ccccc2F)[nH]1. The van der Waals surface area contributed by atoms with E-state index < -0.39 is 0 Å². The van der Waals surface area contributed by atoms with Crippen LogP contribution in [0.4, 0.5) is 4.39 Å². The van der Waals surface area contributed by atoms with E-state index in [1.165, 1.54) is 6.07 Å². The van der Waals surface area contributed by atoms with E-state index in [0.717, 1.165) is 18.7 Å². The number of halogens is 1. The Morgan fingerprint density at radius 3 is 2.82 bits per heavy atom. The number of aromatic amines is 1. The number of hydrogen-bond acceptors (Lipinski definition) is 2. The van der Waals surface area contributed by atoms with Crippen molar-refractivity contribution in [3.8, 4) is 11.3 Å². The van der Waals surface area contributed by atoms with E-state index in [4.69, 9.17) is 12.2 Å². The topological polar surface area (TPSA) is 28.7 Å². The minimum Gasteiger partial charge on any atom is -0.343 e. The van der Waals surface area contributed by atoms with E-state index >= 15 is 0 Å². The summed E-state index contributed by atoms with van der Waals surface area (Å²) in [6.45, 7) is 2.06. The molecular formula is C13H13FN2S. The monoisotopic (exact) mass is 248 g/mol. The van der Waals surface area contributed by atoms with Gasteiger partial charge in [-0.2, -0.15) is 0 Å². The summed E-state index contributed by atoms with van der Waals surface area (Å²) in [4.78, 5) is 7.34. The van der Waals surface area contributed by atoms with Gasteiger partial charge in [-0.1, -0.05) is 31.3 Å². The highest BCUT2D eigenvalue weighted by atomic mass is 32.1. The third-order valence-corrected chi connectivity index (χ3v) is 2.65. The normalized spacial score (nSPS) is 10.5. The molecule has 1 heterocycles. The number of benzene rings is 1. The van der Waals surface area contributed by atoms with Crippen molar-refractivity contribution in [1.82, 2.24) is 9.97 Å². The van der Waals surface area contributed by atoms with E-state index in [9.17, 15) is 4.39 Å². The molecule has 0 spiro atoms. The minimum atomic E-state index is -0.258. The molecule has 88 valence electrons. The third-order valence-electron chi connectivity index (χ3n) is 2.44. The molecule has 2 rings (SSSR count). The van der Waals surface area contributed by atoms with Crippen LogP contribution in [0.25, 0.3) is 11.3 Å². The van der Waals surface area contributed by atoms with E-state index in [2.05, 4.69) is 16.9 Å². The predicted molar refractivity (Wildman–Crippen MR) is 68.8 cm³/mol. The minimum absolute atomic E-state index is 0.258. The van der Waals surface area contributed by atoms with Gasteiger partial charge in [0.25, 0.3) is 0 Å². The Morgan fingerprint density at radius 1 is 1.35 bits per heavy atom. The summed E-state index contributed by atoms with van der Waals surface area (Å²) >= 11 is 5.09. The first-order chi connectivity index (χ1) is 8.20. The molecule has 4 heteroatoms. The van der Waals surface area contributed by atoms with Gasteiger partial charge in [-0.3, -0.25) is 0 Å². The van der Waals surface area contributed by atoms with Gasteiger partial charge in [-0.15, -0.1) is 0 Å². The summed E-state index contributed by atoms with van der Waals surface area (Å²) in [5, 5.41) is 0. The molecule has 0 fully saturated rings. The molecule has 0 unspecified atom stereocenters. The maximum atomic E-state index is 13.7. The molecule has 0 aliphatic heterocycles. The molecule has 0 atom stereocenters. The second kappa shape index (κ2) is 5.19. The van der Waals surface area contributed by atoms with Crippen LogP contribution in [0.5, 0.6) is 0 Å². The van der Waals surface area contributed by atoms with Crippen LogP contribution in [0, 0.1) is 10.5 Å². The van der Waals surface area contributed by atoms with E-state index in [-0.39, 0.29) is 5.82 Å². The van der Waals surface area contributed by atoms with Crippen molar-refractivity contribution in [3.63, 3.8) is 0 Å². The molecule has 0 aliphatic carbocycles. The number of aromatic nitrogens is 2. The number of aryl methyl sites for hydroxylation is 1. The van der Waals surface area contributed by atoms with Gasteiger partial charge >= 0.3 is 0 Å². The van der Waals surface area contributed by atoms with Gasteiger partial charge in [-0.05, 0) is 24.6 Å². The zero-order chi connectivity index (χ0) is 12.3. The molecule has 2 aromatic rings. The standard InChI is InChI=1S/C13H13FN2S/c1-2-5-12-15-11(8-13(17)16-12)9-6-3-4-7-10(9)14/h3-4,6-8H,2,5H2,1H3,(H,15,16,17). The maximum absolute atomic E-state index is 13.7. The van der Waals surface area contributed by atoms with Crippen molar-refractivity contribution in [3.05, 3.63) is 46.6 Å². The molecule has 0 saturated carbocycles. The second-order valence-electron chi connectivity index (χ2n) is 3.81. The number of nitrogens with zero attached hydrogens (tertiary/aromatic N) is 1. The molecule has 2 nitrogen and oxygen atoms in total. The summed E-state index contributed by atoms with van der Waals surface area (Å²) in [6.07, 6.45) is 1.78. The molecule has 0 aliphatic rings. The average molecular weight is 248 g/mol. The third kappa shape index (κ3) is 2.77. The van der Waals surface area contributed by atoms with Crippen molar-refractivity contribution < 1.29 is 4.39 Å². The highest BCUT2D eigenvalue weighted by Crippen LogP contribution is 2.20. The van der Waals surface area contributed by atoms with Gasteiger partial charge in [0, 0.05) is 12.0 Å². The largest absolute Gasteiger partial charge is 0.343 e. The van der Waals surface area contributed by atoms with Gasteiger partial charge in [-0.25, -0.2) is 9.37 Å². The highest BCUT2D eigenvalue weighted by Gasteiger charge is 2.06. The van der Waals surface area contributed by atoms with E-state index in [1.807, 2.05) is 0 Å². The lowest BCUT2D eigenvalue weighted by Gasteiger charge is -2.06. The Bertz CT molecular complexity index is 578. The van der Waals surface area contributed by atoms with Crippen molar-refractivity contribution in [2.45, 2.75) is 19.8 Å². The lowest BCUT2D eigenvalue weighted by molar-refractivity contribution is 0.630. The lowest BCUT2D eigenvalue weighted by Crippen LogP contribution is -1.97. The molecule has 17 heavy (non-hydrogen) atoms. The molecule has 1 aromatic heterocycles. The zero-order valence-corrected chi connectivity index (χ0v) is 10.4. The van der Waals surface area contributed by atoms with Crippen molar-refractivity contribution in [1.29, 1.82) is 0 Å². The van der Waals surface area contributed by atoms with E-state index in [1.54, 1.807) is 24.3 Å². The Kier molecular flexibility index (Phi) is 3.64. The van der Waals surface area contributed by atoms with Crippen molar-refractivity contribution in [2.24, 2.45) is 0 Å². The van der Waals surface area contributed by atoms with Gasteiger partial charge in [0.05, 0.1) is 5.69 Å². The molecule has 0 bridgehead atoms. The molecule has 0 amide bonds. The molecule has 1 N–H and O–H groups in total. The summed E-state index contributed by atoms with van der Waals surface area (Å²) in [7, 11) is 0. The Hall–Kier alpha value is -1.55. The van der Waals surface area contributed by atoms with Gasteiger partial charge in [0.15, 0.2) is 0 Å². The van der Waals surface area contributed by atoms with Crippen molar-refractivity contribution >= 4 is 12.2 Å². The van der Waals surface area contributed by atoms with E-state index in [0.29, 0.717) is 15.9 Å². The van der Waals surface area contributed by atoms with Gasteiger partial charge in [0.1, 0.15) is 16.3 Å². The fraction of sp³-hybridized carbons (Fsp3) is 0.231. The summed E-state index contributed by atoms with van der Waals surface area (Å²) in [6, 6.07) is 8.32. The summed E-state index contributed by atoms with van der Waals surface area (Å²) < 4.78 is 14.1. The number of hydrogen-bond donors (Lipinski definition) is 1. The van der Waals surface area contributed by atoms with Crippen LogP contribution in [0.1, 0.15) is 19.2 Å². The van der Waals surface area contributed by atoms with Crippen LogP contribution in [-0.2, 0) is 6.42 Å². The Labute approximate surface area is 105 Å². The van der Waals surface area contributed by atoms with Crippen molar-refractivity contribution in [2.75, 3.05) is 0 Å². The van der Waals surface area contributed by atoms with Crippen LogP contribution in [0.2, 0.25) is 0 Å². The maximum Gasteiger partial charge on any atom is 0.132 e. The Balaban J connectivity index is 2.52. The molecule has 0 saturated heterocycles. The molecular weight excluding hydrogens is 235 g/mol. The fourth-order valence-corrected chi connectivity index (χ4v) is 1.92. The van der Waals surface area contributed by atoms with Gasteiger partial charge in [0.2, 0.25) is 0 Å². The highest BCUT2D eigenvalue weighted by molar-refractivity contribution is 7.71. The molecule has 0 radical (unpaired) electrons. The Morgan fingerprint density at radius 2 is 2.12 bits per heavy atom. The first-order valence-electron chi connectivity index (χ1n) is 5.56. The molecule has 1 aromatic carbocycles. The smallest absolute Gasteiger partial charge is 0.132 e. The summed E-state index contributed by atoms with van der Waals surface area (Å²) in [5.74, 6) is 0.546. The lowest BCUT2D eigenvalue weighted by atomic mass is 10.1. The van der Waals surface area contributed by atoms with Crippen LogP contribution in [0.3, 0.4) is 0 Å². The first-order valence-corrected chi connectivity index (χ1v) is 5.96. The van der Waals surface area contributed by atoms with Crippen LogP contribution in [0.15, 0.2) is 30.3 Å². The number of H-pyrrole nitrogens is 1. The van der Waals surface area contributed by atoms with Crippen LogP contribution in [-0.4, -0.2) is 9.97 Å². The predicted octanol–water partition coefficient (Wildman–Crippen LogP) is 3.90. The number of rotatable bonds is 3. The van der Waals surface area contributed by atoms with Crippen LogP contribution >= 0.6 is 12.2 Å². The first kappa shape index (κ1) is 11.9. The fourth-order valence-electron chi connectivity index (χ4n) is 1.69. The number of nitrogens with one attached hydrogen (secondary N) is 1. The van der Waals surface area contributed by atoms with Crippen LogP contribution < -0.4 is 0 Å². The quantitative estimate of drug-likeness (QED) is 0.835.